The topological polar surface area (TPSA) is 93.5 Å². The van der Waals surface area contributed by atoms with Crippen molar-refractivity contribution in [1.29, 1.82) is 0 Å². The highest BCUT2D eigenvalue weighted by Crippen LogP contribution is 1.97. The molecule has 0 aromatic rings. The number of nitrogens with one attached hydrogen (secondary N) is 2. The van der Waals surface area contributed by atoms with Crippen LogP contribution in [0.25, 0.3) is 0 Å². The van der Waals surface area contributed by atoms with Gasteiger partial charge in [0.25, 0.3) is 5.91 Å². The second kappa shape index (κ2) is 8.03. The highest BCUT2D eigenvalue weighted by Gasteiger charge is 2.17. The van der Waals surface area contributed by atoms with E-state index in [1.807, 2.05) is 27.7 Å². The van der Waals surface area contributed by atoms with E-state index >= 15 is 0 Å². The normalized spacial score (nSPS) is 12.6. The minimum absolute atomic E-state index is 0.0373. The molecule has 2 amide bonds. The van der Waals surface area contributed by atoms with Crippen LogP contribution >= 0.6 is 0 Å². The average molecular weight is 245 g/mol. The Labute approximate surface area is 102 Å². The summed E-state index contributed by atoms with van der Waals surface area (Å²) in [5.41, 5.74) is 7.85. The Bertz CT molecular complexity index is 254. The standard InChI is InChI=1S/C11H23N3O3/c1-7(2)6-17-14-9(15)5-13-11(16)10(12)8(3)4/h7-8,10H,5-6,12H2,1-4H3,(H,13,16)(H,14,15)/t10-/m0/s1. The predicted octanol–water partition coefficient (Wildman–Crippen LogP) is -0.210. The van der Waals surface area contributed by atoms with Gasteiger partial charge in [-0.3, -0.25) is 14.4 Å². The van der Waals surface area contributed by atoms with Crippen LogP contribution in [0.4, 0.5) is 0 Å². The summed E-state index contributed by atoms with van der Waals surface area (Å²) in [6, 6.07) is -0.598. The monoisotopic (exact) mass is 245 g/mol. The van der Waals surface area contributed by atoms with Crippen molar-refractivity contribution in [3.05, 3.63) is 0 Å². The molecule has 6 nitrogen and oxygen atoms in total. The summed E-state index contributed by atoms with van der Waals surface area (Å²) in [6.07, 6.45) is 0. The molecule has 0 unspecified atom stereocenters. The molecule has 17 heavy (non-hydrogen) atoms. The van der Waals surface area contributed by atoms with Crippen LogP contribution in [0.15, 0.2) is 0 Å². The molecule has 0 saturated carbocycles. The fraction of sp³-hybridized carbons (Fsp3) is 0.818. The number of nitrogens with two attached hydrogens (primary N) is 1. The van der Waals surface area contributed by atoms with E-state index in [9.17, 15) is 9.59 Å². The molecule has 0 saturated heterocycles. The quantitative estimate of drug-likeness (QED) is 0.541. The number of amides is 2. The van der Waals surface area contributed by atoms with Gasteiger partial charge in [0.05, 0.1) is 19.2 Å². The first-order chi connectivity index (χ1) is 7.84. The number of carbonyl (C=O) groups is 2. The lowest BCUT2D eigenvalue weighted by Crippen LogP contribution is -2.47. The molecule has 0 bridgehead atoms. The smallest absolute Gasteiger partial charge is 0.262 e. The summed E-state index contributed by atoms with van der Waals surface area (Å²) >= 11 is 0. The highest BCUT2D eigenvalue weighted by molar-refractivity contribution is 5.87. The number of rotatable bonds is 7. The van der Waals surface area contributed by atoms with Gasteiger partial charge in [-0.25, -0.2) is 5.48 Å². The third kappa shape index (κ3) is 7.70. The molecule has 0 aliphatic rings. The lowest BCUT2D eigenvalue weighted by Gasteiger charge is -2.15. The number of hydrogen-bond donors (Lipinski definition) is 3. The van der Waals surface area contributed by atoms with E-state index in [1.54, 1.807) is 0 Å². The summed E-state index contributed by atoms with van der Waals surface area (Å²) in [4.78, 5) is 27.6. The molecule has 0 spiro atoms. The van der Waals surface area contributed by atoms with Crippen molar-refractivity contribution in [2.45, 2.75) is 33.7 Å². The fourth-order valence-electron chi connectivity index (χ4n) is 0.913. The van der Waals surface area contributed by atoms with Crippen LogP contribution in [0.5, 0.6) is 0 Å². The Morgan fingerprint density at radius 2 is 1.82 bits per heavy atom. The number of hydroxylamine groups is 1. The molecule has 1 atom stereocenters. The first-order valence-electron chi connectivity index (χ1n) is 5.78. The van der Waals surface area contributed by atoms with Gasteiger partial charge in [0.15, 0.2) is 0 Å². The first kappa shape index (κ1) is 15.9. The molecule has 0 aromatic heterocycles. The minimum Gasteiger partial charge on any atom is -0.346 e. The Hall–Kier alpha value is -1.14. The number of carbonyl (C=O) groups excluding carboxylic acids is 2. The molecular weight excluding hydrogens is 222 g/mol. The average Bonchev–Trinajstić information content (AvgIpc) is 2.24. The molecule has 6 heteroatoms. The first-order valence-corrected chi connectivity index (χ1v) is 5.78. The molecule has 100 valence electrons. The van der Waals surface area contributed by atoms with E-state index in [4.69, 9.17) is 10.6 Å². The predicted molar refractivity (Wildman–Crippen MR) is 64.8 cm³/mol. The molecular formula is C11H23N3O3. The van der Waals surface area contributed by atoms with Crippen LogP contribution in [0.2, 0.25) is 0 Å². The second-order valence-electron chi connectivity index (χ2n) is 4.72. The van der Waals surface area contributed by atoms with Gasteiger partial charge >= 0.3 is 0 Å². The van der Waals surface area contributed by atoms with Gasteiger partial charge in [0.2, 0.25) is 5.91 Å². The lowest BCUT2D eigenvalue weighted by molar-refractivity contribution is -0.135. The van der Waals surface area contributed by atoms with E-state index in [0.29, 0.717) is 12.5 Å². The fourth-order valence-corrected chi connectivity index (χ4v) is 0.913. The van der Waals surface area contributed by atoms with E-state index in [0.717, 1.165) is 0 Å². The molecule has 0 aliphatic heterocycles. The third-order valence-corrected chi connectivity index (χ3v) is 2.05. The largest absolute Gasteiger partial charge is 0.346 e. The van der Waals surface area contributed by atoms with Crippen molar-refractivity contribution in [3.8, 4) is 0 Å². The van der Waals surface area contributed by atoms with Crippen molar-refractivity contribution >= 4 is 11.8 Å². The SMILES string of the molecule is CC(C)CONC(=O)CNC(=O)[C@@H](N)C(C)C. The maximum atomic E-state index is 11.4. The Balaban J connectivity index is 3.73. The molecule has 0 rings (SSSR count). The number of hydrogen-bond acceptors (Lipinski definition) is 4. The Kier molecular flexibility index (Phi) is 7.49. The van der Waals surface area contributed by atoms with Gasteiger partial charge in [-0.2, -0.15) is 0 Å². The zero-order chi connectivity index (χ0) is 13.4. The lowest BCUT2D eigenvalue weighted by atomic mass is 10.1. The Morgan fingerprint density at radius 3 is 2.29 bits per heavy atom. The van der Waals surface area contributed by atoms with Gasteiger partial charge in [-0.15, -0.1) is 0 Å². The molecule has 0 fully saturated rings. The maximum absolute atomic E-state index is 11.4. The van der Waals surface area contributed by atoms with Gasteiger partial charge in [0.1, 0.15) is 0 Å². The molecule has 4 N–H and O–H groups in total. The van der Waals surface area contributed by atoms with E-state index in [2.05, 4.69) is 10.8 Å². The zero-order valence-electron chi connectivity index (χ0n) is 10.9. The zero-order valence-corrected chi connectivity index (χ0v) is 10.9. The minimum atomic E-state index is -0.598. The van der Waals surface area contributed by atoms with Gasteiger partial charge in [-0.1, -0.05) is 27.7 Å². The third-order valence-electron chi connectivity index (χ3n) is 2.05. The summed E-state index contributed by atoms with van der Waals surface area (Å²) in [5.74, 6) is -0.358. The Morgan fingerprint density at radius 1 is 1.24 bits per heavy atom. The van der Waals surface area contributed by atoms with E-state index in [1.165, 1.54) is 0 Å². The van der Waals surface area contributed by atoms with Gasteiger partial charge < -0.3 is 11.1 Å². The van der Waals surface area contributed by atoms with Crippen LogP contribution in [0, 0.1) is 11.8 Å². The van der Waals surface area contributed by atoms with Crippen LogP contribution in [-0.4, -0.2) is 31.0 Å². The van der Waals surface area contributed by atoms with Crippen LogP contribution in [0.3, 0.4) is 0 Å². The summed E-state index contributed by atoms with van der Waals surface area (Å²) in [5, 5.41) is 2.45. The van der Waals surface area contributed by atoms with Crippen LogP contribution < -0.4 is 16.5 Å². The van der Waals surface area contributed by atoms with Crippen LogP contribution in [0.1, 0.15) is 27.7 Å². The van der Waals surface area contributed by atoms with Crippen molar-refractivity contribution in [2.24, 2.45) is 17.6 Å². The van der Waals surface area contributed by atoms with Crippen LogP contribution in [-0.2, 0) is 14.4 Å². The van der Waals surface area contributed by atoms with Crippen molar-refractivity contribution < 1.29 is 14.4 Å². The summed E-state index contributed by atoms with van der Waals surface area (Å²) < 4.78 is 0. The van der Waals surface area contributed by atoms with E-state index in [-0.39, 0.29) is 18.4 Å². The van der Waals surface area contributed by atoms with Gasteiger partial charge in [0, 0.05) is 0 Å². The summed E-state index contributed by atoms with van der Waals surface area (Å²) in [7, 11) is 0. The van der Waals surface area contributed by atoms with Crippen molar-refractivity contribution in [1.82, 2.24) is 10.8 Å². The maximum Gasteiger partial charge on any atom is 0.262 e. The second-order valence-corrected chi connectivity index (χ2v) is 4.72. The van der Waals surface area contributed by atoms with E-state index < -0.39 is 11.9 Å². The van der Waals surface area contributed by atoms with Gasteiger partial charge in [-0.05, 0) is 11.8 Å². The van der Waals surface area contributed by atoms with Crippen molar-refractivity contribution in [2.75, 3.05) is 13.2 Å². The van der Waals surface area contributed by atoms with Crippen molar-refractivity contribution in [3.63, 3.8) is 0 Å². The molecule has 0 aromatic carbocycles. The molecule has 0 heterocycles. The summed E-state index contributed by atoms with van der Waals surface area (Å²) in [6.45, 7) is 7.93. The molecule has 0 aliphatic carbocycles. The molecule has 0 radical (unpaired) electrons. The highest BCUT2D eigenvalue weighted by atomic mass is 16.6.